The lowest BCUT2D eigenvalue weighted by atomic mass is 10.1. The Hall–Kier alpha value is -2.53. The van der Waals surface area contributed by atoms with E-state index in [-0.39, 0.29) is 5.91 Å². The zero-order valence-electron chi connectivity index (χ0n) is 16.1. The molecule has 1 amide bonds. The first-order valence-corrected chi connectivity index (χ1v) is 10.2. The van der Waals surface area contributed by atoms with Gasteiger partial charge in [0.25, 0.3) is 5.91 Å². The maximum absolute atomic E-state index is 13.0. The van der Waals surface area contributed by atoms with Gasteiger partial charge in [0.1, 0.15) is 5.82 Å². The molecule has 0 spiro atoms. The van der Waals surface area contributed by atoms with Gasteiger partial charge in [-0.3, -0.25) is 4.79 Å². The molecule has 0 unspecified atom stereocenters. The second-order valence-corrected chi connectivity index (χ2v) is 8.14. The summed E-state index contributed by atoms with van der Waals surface area (Å²) >= 11 is 1.84. The Morgan fingerprint density at radius 2 is 1.85 bits per heavy atom. The number of hydrogen-bond acceptors (Lipinski definition) is 3. The SMILES string of the molecule is Cc1ccc(C(=O)Nc2c3c(nn2-c2cccc(C)c2C)CSC3)cc1C. The monoisotopic (exact) mass is 377 g/mol. The fraction of sp³-hybridized carbons (Fsp3) is 0.273. The Balaban J connectivity index is 1.77. The van der Waals surface area contributed by atoms with E-state index in [1.54, 1.807) is 0 Å². The summed E-state index contributed by atoms with van der Waals surface area (Å²) in [6.45, 7) is 8.28. The zero-order chi connectivity index (χ0) is 19.1. The highest BCUT2D eigenvalue weighted by Crippen LogP contribution is 2.37. The third kappa shape index (κ3) is 3.16. The molecular formula is C22H23N3OS. The first kappa shape index (κ1) is 17.9. The number of anilines is 1. The van der Waals surface area contributed by atoms with Gasteiger partial charge in [-0.05, 0) is 68.1 Å². The van der Waals surface area contributed by atoms with Crippen LogP contribution < -0.4 is 5.32 Å². The number of aryl methyl sites for hydroxylation is 3. The topological polar surface area (TPSA) is 46.9 Å². The molecule has 3 aromatic rings. The second kappa shape index (κ2) is 6.89. The van der Waals surface area contributed by atoms with Crippen molar-refractivity contribution < 1.29 is 4.79 Å². The number of carbonyl (C=O) groups is 1. The molecule has 4 rings (SSSR count). The number of hydrogen-bond donors (Lipinski definition) is 1. The van der Waals surface area contributed by atoms with Crippen LogP contribution >= 0.6 is 11.8 Å². The molecule has 0 fully saturated rings. The zero-order valence-corrected chi connectivity index (χ0v) is 16.9. The number of thioether (sulfide) groups is 1. The van der Waals surface area contributed by atoms with Crippen LogP contribution in [0.25, 0.3) is 5.69 Å². The van der Waals surface area contributed by atoms with E-state index in [9.17, 15) is 4.79 Å². The fourth-order valence-electron chi connectivity index (χ4n) is 3.34. The predicted octanol–water partition coefficient (Wildman–Crippen LogP) is 5.11. The summed E-state index contributed by atoms with van der Waals surface area (Å²) in [6, 6.07) is 12.0. The van der Waals surface area contributed by atoms with Gasteiger partial charge in [0, 0.05) is 22.6 Å². The quantitative estimate of drug-likeness (QED) is 0.690. The molecule has 0 atom stereocenters. The molecule has 0 bridgehead atoms. The first-order chi connectivity index (χ1) is 13.0. The Morgan fingerprint density at radius 3 is 2.63 bits per heavy atom. The van der Waals surface area contributed by atoms with E-state index in [1.165, 1.54) is 16.7 Å². The molecule has 5 heteroatoms. The van der Waals surface area contributed by atoms with Gasteiger partial charge in [0.05, 0.1) is 11.4 Å². The van der Waals surface area contributed by atoms with Crippen molar-refractivity contribution in [2.24, 2.45) is 0 Å². The van der Waals surface area contributed by atoms with Crippen molar-refractivity contribution in [2.45, 2.75) is 39.2 Å². The average molecular weight is 378 g/mol. The Labute approximate surface area is 164 Å². The van der Waals surface area contributed by atoms with E-state index in [2.05, 4.69) is 38.2 Å². The molecule has 0 saturated carbocycles. The minimum Gasteiger partial charge on any atom is -0.306 e. The molecule has 1 aliphatic rings. The summed E-state index contributed by atoms with van der Waals surface area (Å²) in [7, 11) is 0. The smallest absolute Gasteiger partial charge is 0.256 e. The van der Waals surface area contributed by atoms with E-state index in [0.29, 0.717) is 5.56 Å². The molecule has 2 aromatic carbocycles. The second-order valence-electron chi connectivity index (χ2n) is 7.15. The van der Waals surface area contributed by atoms with Gasteiger partial charge in [-0.25, -0.2) is 4.68 Å². The minimum absolute atomic E-state index is 0.0933. The molecule has 1 N–H and O–H groups in total. The number of fused-ring (bicyclic) bond motifs is 1. The van der Waals surface area contributed by atoms with E-state index in [0.717, 1.165) is 39.8 Å². The Bertz CT molecular complexity index is 1050. The number of carbonyl (C=O) groups excluding carboxylic acids is 1. The first-order valence-electron chi connectivity index (χ1n) is 9.09. The van der Waals surface area contributed by atoms with E-state index in [1.807, 2.05) is 47.6 Å². The van der Waals surface area contributed by atoms with Crippen LogP contribution in [-0.4, -0.2) is 15.7 Å². The lowest BCUT2D eigenvalue weighted by Gasteiger charge is -2.14. The highest BCUT2D eigenvalue weighted by atomic mass is 32.2. The van der Waals surface area contributed by atoms with Crippen LogP contribution in [0.2, 0.25) is 0 Å². The highest BCUT2D eigenvalue weighted by Gasteiger charge is 2.25. The van der Waals surface area contributed by atoms with Crippen LogP contribution in [0, 0.1) is 27.7 Å². The van der Waals surface area contributed by atoms with Crippen LogP contribution in [0.3, 0.4) is 0 Å². The van der Waals surface area contributed by atoms with Crippen LogP contribution in [-0.2, 0) is 11.5 Å². The third-order valence-corrected chi connectivity index (χ3v) is 6.33. The summed E-state index contributed by atoms with van der Waals surface area (Å²) in [5.74, 6) is 2.47. The summed E-state index contributed by atoms with van der Waals surface area (Å²) in [5, 5.41) is 7.97. The maximum atomic E-state index is 13.0. The van der Waals surface area contributed by atoms with Gasteiger partial charge >= 0.3 is 0 Å². The minimum atomic E-state index is -0.0933. The van der Waals surface area contributed by atoms with Crippen molar-refractivity contribution in [2.75, 3.05) is 5.32 Å². The molecule has 27 heavy (non-hydrogen) atoms. The van der Waals surface area contributed by atoms with Crippen molar-refractivity contribution in [3.05, 3.63) is 75.5 Å². The van der Waals surface area contributed by atoms with Crippen molar-refractivity contribution in [1.29, 1.82) is 0 Å². The molecule has 138 valence electrons. The van der Waals surface area contributed by atoms with E-state index < -0.39 is 0 Å². The van der Waals surface area contributed by atoms with Crippen LogP contribution in [0.5, 0.6) is 0 Å². The molecular weight excluding hydrogens is 354 g/mol. The van der Waals surface area contributed by atoms with Gasteiger partial charge in [-0.15, -0.1) is 0 Å². The molecule has 4 nitrogen and oxygen atoms in total. The molecule has 0 aliphatic carbocycles. The average Bonchev–Trinajstić information content (AvgIpc) is 3.22. The molecule has 1 aromatic heterocycles. The molecule has 1 aliphatic heterocycles. The summed E-state index contributed by atoms with van der Waals surface area (Å²) in [4.78, 5) is 13.0. The number of benzene rings is 2. The van der Waals surface area contributed by atoms with Gasteiger partial charge in [0.15, 0.2) is 0 Å². The number of aromatic nitrogens is 2. The number of nitrogens with one attached hydrogen (secondary N) is 1. The molecule has 0 radical (unpaired) electrons. The van der Waals surface area contributed by atoms with Crippen LogP contribution in [0.15, 0.2) is 36.4 Å². The van der Waals surface area contributed by atoms with Gasteiger partial charge in [0.2, 0.25) is 0 Å². The van der Waals surface area contributed by atoms with Crippen molar-refractivity contribution >= 4 is 23.5 Å². The number of amides is 1. The largest absolute Gasteiger partial charge is 0.306 e. The summed E-state index contributed by atoms with van der Waals surface area (Å²) < 4.78 is 1.91. The van der Waals surface area contributed by atoms with Crippen molar-refractivity contribution in [1.82, 2.24) is 9.78 Å². The van der Waals surface area contributed by atoms with Crippen molar-refractivity contribution in [3.63, 3.8) is 0 Å². The Morgan fingerprint density at radius 1 is 1.04 bits per heavy atom. The van der Waals surface area contributed by atoms with Crippen molar-refractivity contribution in [3.8, 4) is 5.69 Å². The fourth-order valence-corrected chi connectivity index (χ4v) is 4.38. The number of nitrogens with zero attached hydrogens (tertiary/aromatic N) is 2. The molecule has 0 saturated heterocycles. The Kier molecular flexibility index (Phi) is 4.56. The normalized spacial score (nSPS) is 12.9. The van der Waals surface area contributed by atoms with Gasteiger partial charge in [-0.2, -0.15) is 16.9 Å². The maximum Gasteiger partial charge on any atom is 0.256 e. The van der Waals surface area contributed by atoms with Gasteiger partial charge in [-0.1, -0.05) is 18.2 Å². The summed E-state index contributed by atoms with van der Waals surface area (Å²) in [6.07, 6.45) is 0. The van der Waals surface area contributed by atoms with E-state index >= 15 is 0 Å². The van der Waals surface area contributed by atoms with Crippen LogP contribution in [0.1, 0.15) is 43.9 Å². The van der Waals surface area contributed by atoms with E-state index in [4.69, 9.17) is 5.10 Å². The van der Waals surface area contributed by atoms with Crippen LogP contribution in [0.4, 0.5) is 5.82 Å². The molecule has 2 heterocycles. The standard InChI is InChI=1S/C22H23N3OS/c1-13-8-9-17(10-15(13)3)22(26)23-21-18-11-27-12-19(18)24-25(21)20-7-5-6-14(2)16(20)4/h5-10H,11-12H2,1-4H3,(H,23,26). The third-order valence-electron chi connectivity index (χ3n) is 5.36. The lowest BCUT2D eigenvalue weighted by Crippen LogP contribution is -2.17. The number of rotatable bonds is 3. The summed E-state index contributed by atoms with van der Waals surface area (Å²) in [5.41, 5.74) is 8.58. The van der Waals surface area contributed by atoms with Gasteiger partial charge < -0.3 is 5.32 Å². The highest BCUT2D eigenvalue weighted by molar-refractivity contribution is 7.98. The predicted molar refractivity (Wildman–Crippen MR) is 112 cm³/mol. The lowest BCUT2D eigenvalue weighted by molar-refractivity contribution is 0.102.